The van der Waals surface area contributed by atoms with Gasteiger partial charge in [-0.25, -0.2) is 0 Å². The van der Waals surface area contributed by atoms with Crippen LogP contribution in [-0.4, -0.2) is 5.78 Å². The van der Waals surface area contributed by atoms with Gasteiger partial charge in [-0.05, 0) is 42.9 Å². The molecular weight excluding hydrogens is 172 g/mol. The normalized spacial score (nSPS) is 40.2. The van der Waals surface area contributed by atoms with E-state index in [0.717, 1.165) is 6.42 Å². The molecule has 0 heterocycles. The zero-order valence-corrected chi connectivity index (χ0v) is 9.68. The Labute approximate surface area is 87.3 Å². The lowest BCUT2D eigenvalue weighted by Crippen LogP contribution is -2.51. The highest BCUT2D eigenvalue weighted by molar-refractivity contribution is 5.83. The average Bonchev–Trinajstić information content (AvgIpc) is 2.19. The van der Waals surface area contributed by atoms with E-state index in [1.807, 2.05) is 0 Å². The zero-order chi connectivity index (χ0) is 10.3. The standard InChI is InChI=1S/C13H22O/c1-4-13(5-2)9(3)11-7-6-10(13)8-12(11)14/h9-11H,4-8H2,1-3H3. The van der Waals surface area contributed by atoms with E-state index < -0.39 is 0 Å². The Kier molecular flexibility index (Phi) is 2.45. The van der Waals surface area contributed by atoms with E-state index in [9.17, 15) is 4.79 Å². The monoisotopic (exact) mass is 194 g/mol. The largest absolute Gasteiger partial charge is 0.299 e. The van der Waals surface area contributed by atoms with E-state index in [2.05, 4.69) is 20.8 Å². The molecule has 3 rings (SSSR count). The number of fused-ring (bicyclic) bond motifs is 3. The number of carbonyl (C=O) groups is 1. The summed E-state index contributed by atoms with van der Waals surface area (Å²) in [5, 5.41) is 0. The molecule has 1 heteroatoms. The number of carbonyl (C=O) groups excluding carboxylic acids is 1. The number of ketones is 1. The molecule has 3 atom stereocenters. The summed E-state index contributed by atoms with van der Waals surface area (Å²) < 4.78 is 0. The highest BCUT2D eigenvalue weighted by Crippen LogP contribution is 2.57. The van der Waals surface area contributed by atoms with Crippen LogP contribution in [0, 0.1) is 23.2 Å². The molecule has 2 bridgehead atoms. The highest BCUT2D eigenvalue weighted by Gasteiger charge is 2.53. The number of hydrogen-bond donors (Lipinski definition) is 0. The van der Waals surface area contributed by atoms with Crippen LogP contribution in [0.5, 0.6) is 0 Å². The Bertz CT molecular complexity index is 236. The van der Waals surface area contributed by atoms with Gasteiger partial charge >= 0.3 is 0 Å². The lowest BCUT2D eigenvalue weighted by Gasteiger charge is -2.55. The third-order valence-electron chi connectivity index (χ3n) is 5.33. The van der Waals surface area contributed by atoms with Gasteiger partial charge in [0.15, 0.2) is 0 Å². The van der Waals surface area contributed by atoms with Gasteiger partial charge in [0, 0.05) is 12.3 Å². The molecule has 0 aromatic rings. The Hall–Kier alpha value is -0.330. The van der Waals surface area contributed by atoms with Crippen LogP contribution in [-0.2, 0) is 4.79 Å². The van der Waals surface area contributed by atoms with Gasteiger partial charge in [-0.3, -0.25) is 4.79 Å². The van der Waals surface area contributed by atoms with Crippen molar-refractivity contribution in [2.75, 3.05) is 0 Å². The zero-order valence-electron chi connectivity index (χ0n) is 9.68. The van der Waals surface area contributed by atoms with E-state index in [-0.39, 0.29) is 0 Å². The smallest absolute Gasteiger partial charge is 0.136 e. The molecule has 0 aromatic heterocycles. The minimum atomic E-state index is 0.403. The fraction of sp³-hybridized carbons (Fsp3) is 0.923. The molecule has 3 fully saturated rings. The summed E-state index contributed by atoms with van der Waals surface area (Å²) in [6, 6.07) is 0. The number of hydrogen-bond acceptors (Lipinski definition) is 1. The molecular formula is C13H22O. The fourth-order valence-electron chi connectivity index (χ4n) is 4.30. The van der Waals surface area contributed by atoms with Crippen LogP contribution in [0.15, 0.2) is 0 Å². The first-order valence-electron chi connectivity index (χ1n) is 6.18. The second-order valence-electron chi connectivity index (χ2n) is 5.28. The molecule has 0 aromatic carbocycles. The van der Waals surface area contributed by atoms with Crippen LogP contribution in [0.4, 0.5) is 0 Å². The van der Waals surface area contributed by atoms with E-state index >= 15 is 0 Å². The van der Waals surface area contributed by atoms with Gasteiger partial charge in [-0.15, -0.1) is 0 Å². The van der Waals surface area contributed by atoms with Crippen molar-refractivity contribution in [2.24, 2.45) is 23.2 Å². The first kappa shape index (κ1) is 10.2. The Balaban J connectivity index is 2.32. The number of Topliss-reactive ketones (excluding diaryl/α,β-unsaturated/α-hetero) is 1. The molecule has 1 nitrogen and oxygen atoms in total. The third kappa shape index (κ3) is 1.11. The molecule has 0 saturated heterocycles. The molecule has 0 radical (unpaired) electrons. The van der Waals surface area contributed by atoms with Crippen molar-refractivity contribution in [1.29, 1.82) is 0 Å². The molecule has 3 unspecified atom stereocenters. The van der Waals surface area contributed by atoms with E-state index in [1.54, 1.807) is 0 Å². The summed E-state index contributed by atoms with van der Waals surface area (Å²) in [5.74, 6) is 2.30. The summed E-state index contributed by atoms with van der Waals surface area (Å²) in [4.78, 5) is 11.8. The van der Waals surface area contributed by atoms with Gasteiger partial charge < -0.3 is 0 Å². The Morgan fingerprint density at radius 2 is 1.93 bits per heavy atom. The Morgan fingerprint density at radius 1 is 1.29 bits per heavy atom. The SMILES string of the molecule is CCC1(CC)C2CCC(C(=O)C2)C1C. The maximum atomic E-state index is 11.8. The van der Waals surface area contributed by atoms with Crippen LogP contribution in [0.1, 0.15) is 52.9 Å². The maximum absolute atomic E-state index is 11.8. The van der Waals surface area contributed by atoms with Gasteiger partial charge in [0.1, 0.15) is 5.78 Å². The summed E-state index contributed by atoms with van der Waals surface area (Å²) in [5.41, 5.74) is 0.497. The Morgan fingerprint density at radius 3 is 2.36 bits per heavy atom. The second kappa shape index (κ2) is 3.36. The third-order valence-corrected chi connectivity index (χ3v) is 5.33. The minimum Gasteiger partial charge on any atom is -0.299 e. The average molecular weight is 194 g/mol. The first-order valence-corrected chi connectivity index (χ1v) is 6.18. The van der Waals surface area contributed by atoms with Gasteiger partial charge in [-0.2, -0.15) is 0 Å². The summed E-state index contributed by atoms with van der Waals surface area (Å²) >= 11 is 0. The molecule has 0 N–H and O–H groups in total. The second-order valence-corrected chi connectivity index (χ2v) is 5.28. The van der Waals surface area contributed by atoms with Crippen molar-refractivity contribution >= 4 is 5.78 Å². The summed E-state index contributed by atoms with van der Waals surface area (Å²) in [6.45, 7) is 6.94. The van der Waals surface area contributed by atoms with Crippen LogP contribution >= 0.6 is 0 Å². The van der Waals surface area contributed by atoms with Crippen LogP contribution in [0.2, 0.25) is 0 Å². The molecule has 14 heavy (non-hydrogen) atoms. The lowest BCUT2D eigenvalue weighted by molar-refractivity contribution is -0.145. The quantitative estimate of drug-likeness (QED) is 0.658. The van der Waals surface area contributed by atoms with Gasteiger partial charge in [0.25, 0.3) is 0 Å². The molecule has 0 amide bonds. The van der Waals surface area contributed by atoms with Crippen molar-refractivity contribution < 1.29 is 4.79 Å². The van der Waals surface area contributed by atoms with Gasteiger partial charge in [-0.1, -0.05) is 20.8 Å². The van der Waals surface area contributed by atoms with Crippen LogP contribution in [0.3, 0.4) is 0 Å². The van der Waals surface area contributed by atoms with Crippen molar-refractivity contribution in [3.63, 3.8) is 0 Å². The highest BCUT2D eigenvalue weighted by atomic mass is 16.1. The number of rotatable bonds is 2. The van der Waals surface area contributed by atoms with Crippen molar-refractivity contribution in [3.8, 4) is 0 Å². The van der Waals surface area contributed by atoms with Crippen LogP contribution in [0.25, 0.3) is 0 Å². The lowest BCUT2D eigenvalue weighted by atomic mass is 9.48. The summed E-state index contributed by atoms with van der Waals surface area (Å²) in [7, 11) is 0. The van der Waals surface area contributed by atoms with E-state index in [4.69, 9.17) is 0 Å². The van der Waals surface area contributed by atoms with Crippen LogP contribution < -0.4 is 0 Å². The predicted octanol–water partition coefficient (Wildman–Crippen LogP) is 3.43. The predicted molar refractivity (Wildman–Crippen MR) is 58.0 cm³/mol. The molecule has 0 aliphatic heterocycles. The molecule has 80 valence electrons. The molecule has 0 spiro atoms. The fourth-order valence-corrected chi connectivity index (χ4v) is 4.30. The molecule has 3 aliphatic rings. The topological polar surface area (TPSA) is 17.1 Å². The van der Waals surface area contributed by atoms with E-state index in [0.29, 0.717) is 29.0 Å². The van der Waals surface area contributed by atoms with E-state index in [1.165, 1.54) is 25.7 Å². The van der Waals surface area contributed by atoms with Crippen molar-refractivity contribution in [1.82, 2.24) is 0 Å². The maximum Gasteiger partial charge on any atom is 0.136 e. The van der Waals surface area contributed by atoms with Crippen molar-refractivity contribution in [2.45, 2.75) is 52.9 Å². The summed E-state index contributed by atoms with van der Waals surface area (Å²) in [6.07, 6.45) is 5.89. The molecule has 3 aliphatic carbocycles. The first-order chi connectivity index (χ1) is 6.65. The van der Waals surface area contributed by atoms with Gasteiger partial charge in [0.05, 0.1) is 0 Å². The molecule has 3 saturated carbocycles. The minimum absolute atomic E-state index is 0.403. The van der Waals surface area contributed by atoms with Crippen molar-refractivity contribution in [3.05, 3.63) is 0 Å². The van der Waals surface area contributed by atoms with Gasteiger partial charge in [0.2, 0.25) is 0 Å².